The standard InChI is InChI=1S/C10H12ClN5O/c1-10(2,3)16-9(17)8-14-6(11)5-7(15-8)13-4-12-5/h4H,1-3H3,(H,16,17)(H,12,13,14,15). The highest BCUT2D eigenvalue weighted by Crippen LogP contribution is 2.16. The summed E-state index contributed by atoms with van der Waals surface area (Å²) in [6.07, 6.45) is 1.46. The van der Waals surface area contributed by atoms with Gasteiger partial charge >= 0.3 is 0 Å². The summed E-state index contributed by atoms with van der Waals surface area (Å²) in [6.45, 7) is 5.62. The van der Waals surface area contributed by atoms with E-state index in [-0.39, 0.29) is 22.4 Å². The highest BCUT2D eigenvalue weighted by molar-refractivity contribution is 6.33. The second kappa shape index (κ2) is 3.96. The van der Waals surface area contributed by atoms with Crippen LogP contribution >= 0.6 is 11.6 Å². The highest BCUT2D eigenvalue weighted by atomic mass is 35.5. The fraction of sp³-hybridized carbons (Fsp3) is 0.400. The summed E-state index contributed by atoms with van der Waals surface area (Å²) in [5.74, 6) is -0.353. The first-order valence-electron chi connectivity index (χ1n) is 5.06. The predicted octanol–water partition coefficient (Wildman–Crippen LogP) is 1.53. The lowest BCUT2D eigenvalue weighted by atomic mass is 10.1. The van der Waals surface area contributed by atoms with Crippen molar-refractivity contribution in [3.8, 4) is 0 Å². The zero-order valence-corrected chi connectivity index (χ0v) is 10.5. The van der Waals surface area contributed by atoms with E-state index in [0.717, 1.165) is 0 Å². The number of aromatic nitrogens is 4. The second-order valence-electron chi connectivity index (χ2n) is 4.64. The number of carbonyl (C=O) groups excluding carboxylic acids is 1. The van der Waals surface area contributed by atoms with Crippen LogP contribution < -0.4 is 5.32 Å². The number of nitrogens with one attached hydrogen (secondary N) is 2. The lowest BCUT2D eigenvalue weighted by Gasteiger charge is -2.19. The van der Waals surface area contributed by atoms with E-state index >= 15 is 0 Å². The van der Waals surface area contributed by atoms with Gasteiger partial charge in [0.1, 0.15) is 5.52 Å². The molecule has 1 amide bonds. The molecular weight excluding hydrogens is 242 g/mol. The smallest absolute Gasteiger partial charge is 0.289 e. The largest absolute Gasteiger partial charge is 0.345 e. The molecule has 6 nitrogen and oxygen atoms in total. The zero-order chi connectivity index (χ0) is 12.6. The first-order valence-corrected chi connectivity index (χ1v) is 5.44. The van der Waals surface area contributed by atoms with Crippen LogP contribution in [-0.2, 0) is 0 Å². The maximum absolute atomic E-state index is 11.8. The summed E-state index contributed by atoms with van der Waals surface area (Å²) in [4.78, 5) is 26.6. The molecule has 0 aliphatic rings. The van der Waals surface area contributed by atoms with Gasteiger partial charge in [-0.3, -0.25) is 4.79 Å². The van der Waals surface area contributed by atoms with Crippen LogP contribution in [-0.4, -0.2) is 31.4 Å². The molecule has 2 aromatic heterocycles. The molecule has 2 heterocycles. The first-order chi connectivity index (χ1) is 7.87. The number of rotatable bonds is 1. The van der Waals surface area contributed by atoms with E-state index < -0.39 is 0 Å². The van der Waals surface area contributed by atoms with Crippen molar-refractivity contribution in [3.63, 3.8) is 0 Å². The first kappa shape index (κ1) is 11.8. The summed E-state index contributed by atoms with van der Waals surface area (Å²) in [6, 6.07) is 0. The van der Waals surface area contributed by atoms with Gasteiger partial charge in [0.2, 0.25) is 5.82 Å². The Morgan fingerprint density at radius 2 is 2.12 bits per heavy atom. The molecule has 0 saturated carbocycles. The van der Waals surface area contributed by atoms with E-state index in [9.17, 15) is 4.79 Å². The van der Waals surface area contributed by atoms with E-state index in [1.54, 1.807) is 0 Å². The van der Waals surface area contributed by atoms with Crippen LogP contribution in [0.15, 0.2) is 6.33 Å². The van der Waals surface area contributed by atoms with Gasteiger partial charge in [0.05, 0.1) is 6.33 Å². The molecule has 7 heteroatoms. The van der Waals surface area contributed by atoms with Crippen molar-refractivity contribution in [1.29, 1.82) is 0 Å². The number of hydrogen-bond acceptors (Lipinski definition) is 4. The minimum atomic E-state index is -0.371. The van der Waals surface area contributed by atoms with E-state index in [1.165, 1.54) is 6.33 Å². The van der Waals surface area contributed by atoms with Gasteiger partial charge in [-0.2, -0.15) is 0 Å². The van der Waals surface area contributed by atoms with Crippen molar-refractivity contribution in [1.82, 2.24) is 25.3 Å². The van der Waals surface area contributed by atoms with Crippen molar-refractivity contribution in [3.05, 3.63) is 17.3 Å². The number of imidazole rings is 1. The van der Waals surface area contributed by atoms with Crippen molar-refractivity contribution in [2.75, 3.05) is 0 Å². The average molecular weight is 254 g/mol. The molecule has 90 valence electrons. The Balaban J connectivity index is 2.39. The van der Waals surface area contributed by atoms with Crippen LogP contribution in [0.5, 0.6) is 0 Å². The van der Waals surface area contributed by atoms with Crippen molar-refractivity contribution in [2.24, 2.45) is 0 Å². The van der Waals surface area contributed by atoms with E-state index in [4.69, 9.17) is 11.6 Å². The molecule has 2 N–H and O–H groups in total. The van der Waals surface area contributed by atoms with Gasteiger partial charge < -0.3 is 10.3 Å². The number of aromatic amines is 1. The molecule has 0 atom stereocenters. The monoisotopic (exact) mass is 253 g/mol. The molecule has 17 heavy (non-hydrogen) atoms. The van der Waals surface area contributed by atoms with Gasteiger partial charge in [-0.1, -0.05) is 11.6 Å². The quantitative estimate of drug-likeness (QED) is 0.755. The molecule has 0 radical (unpaired) electrons. The zero-order valence-electron chi connectivity index (χ0n) is 9.71. The topological polar surface area (TPSA) is 83.6 Å². The molecule has 0 aromatic carbocycles. The van der Waals surface area contributed by atoms with Crippen LogP contribution in [0.25, 0.3) is 11.2 Å². The summed E-state index contributed by atoms with van der Waals surface area (Å²) < 4.78 is 0. The van der Waals surface area contributed by atoms with E-state index in [1.807, 2.05) is 20.8 Å². The van der Waals surface area contributed by atoms with Crippen LogP contribution in [0.2, 0.25) is 5.15 Å². The normalized spacial score (nSPS) is 11.8. The summed E-state index contributed by atoms with van der Waals surface area (Å²) >= 11 is 5.92. The molecule has 2 aromatic rings. The molecule has 0 spiro atoms. The third kappa shape index (κ3) is 2.52. The Labute approximate surface area is 103 Å². The number of nitrogens with zero attached hydrogens (tertiary/aromatic N) is 3. The number of carbonyl (C=O) groups is 1. The van der Waals surface area contributed by atoms with E-state index in [2.05, 4.69) is 25.3 Å². The maximum atomic E-state index is 11.8. The van der Waals surface area contributed by atoms with Crippen LogP contribution in [0.4, 0.5) is 0 Å². The van der Waals surface area contributed by atoms with Crippen LogP contribution in [0.1, 0.15) is 31.4 Å². The fourth-order valence-corrected chi connectivity index (χ4v) is 1.52. The number of amides is 1. The number of H-pyrrole nitrogens is 1. The van der Waals surface area contributed by atoms with Crippen molar-refractivity contribution < 1.29 is 4.79 Å². The molecule has 0 aliphatic carbocycles. The Hall–Kier alpha value is -1.69. The van der Waals surface area contributed by atoms with Crippen molar-refractivity contribution >= 4 is 28.7 Å². The molecule has 0 fully saturated rings. The Morgan fingerprint density at radius 3 is 2.76 bits per heavy atom. The molecular formula is C10H12ClN5O. The number of hydrogen-bond donors (Lipinski definition) is 2. The molecule has 0 saturated heterocycles. The summed E-state index contributed by atoms with van der Waals surface area (Å²) in [5.41, 5.74) is 0.552. The lowest BCUT2D eigenvalue weighted by molar-refractivity contribution is 0.0909. The SMILES string of the molecule is CC(C)(C)NC(=O)c1nc(Cl)c2[nH]cnc2n1. The lowest BCUT2D eigenvalue weighted by Crippen LogP contribution is -2.41. The third-order valence-electron chi connectivity index (χ3n) is 1.93. The van der Waals surface area contributed by atoms with Gasteiger partial charge in [0.25, 0.3) is 5.91 Å². The Morgan fingerprint density at radius 1 is 1.41 bits per heavy atom. The van der Waals surface area contributed by atoms with E-state index in [0.29, 0.717) is 11.2 Å². The maximum Gasteiger partial charge on any atom is 0.289 e. The van der Waals surface area contributed by atoms with Gasteiger partial charge in [-0.05, 0) is 20.8 Å². The fourth-order valence-electron chi connectivity index (χ4n) is 1.30. The molecule has 0 aliphatic heterocycles. The van der Waals surface area contributed by atoms with Crippen LogP contribution in [0, 0.1) is 0 Å². The van der Waals surface area contributed by atoms with Crippen LogP contribution in [0.3, 0.4) is 0 Å². The van der Waals surface area contributed by atoms with Crippen molar-refractivity contribution in [2.45, 2.75) is 26.3 Å². The average Bonchev–Trinajstić information content (AvgIpc) is 2.63. The third-order valence-corrected chi connectivity index (χ3v) is 2.21. The van der Waals surface area contributed by atoms with Gasteiger partial charge in [-0.15, -0.1) is 0 Å². The predicted molar refractivity (Wildman–Crippen MR) is 63.9 cm³/mol. The Kier molecular flexibility index (Phi) is 2.74. The second-order valence-corrected chi connectivity index (χ2v) is 5.00. The molecule has 0 unspecified atom stereocenters. The highest BCUT2D eigenvalue weighted by Gasteiger charge is 2.19. The minimum absolute atomic E-state index is 0.0181. The number of halogens is 1. The minimum Gasteiger partial charge on any atom is -0.345 e. The number of fused-ring (bicyclic) bond motifs is 1. The molecule has 2 rings (SSSR count). The van der Waals surface area contributed by atoms with Gasteiger partial charge in [-0.25, -0.2) is 15.0 Å². The van der Waals surface area contributed by atoms with Gasteiger partial charge in [0, 0.05) is 5.54 Å². The summed E-state index contributed by atoms with van der Waals surface area (Å²) in [7, 11) is 0. The Bertz CT molecular complexity index is 572. The summed E-state index contributed by atoms with van der Waals surface area (Å²) in [5, 5.41) is 2.95. The molecule has 0 bridgehead atoms. The van der Waals surface area contributed by atoms with Gasteiger partial charge in [0.15, 0.2) is 10.8 Å².